The van der Waals surface area contributed by atoms with Crippen molar-refractivity contribution in [1.82, 2.24) is 0 Å². The van der Waals surface area contributed by atoms with Crippen LogP contribution in [0.3, 0.4) is 0 Å². The van der Waals surface area contributed by atoms with Crippen molar-refractivity contribution in [2.45, 2.75) is 45.6 Å². The molecule has 0 spiro atoms. The number of hydrogen-bond acceptors (Lipinski definition) is 2. The number of nitrogens with one attached hydrogen (secondary N) is 2. The smallest absolute Gasteiger partial charge is 0.316 e. The van der Waals surface area contributed by atoms with Crippen LogP contribution in [0.1, 0.15) is 39.5 Å². The molecule has 1 atom stereocenters. The summed E-state index contributed by atoms with van der Waals surface area (Å²) in [4.78, 5) is 10.7. The minimum atomic E-state index is -0.533. The molecule has 1 aromatic rings. The second-order valence-corrected chi connectivity index (χ2v) is 6.17. The van der Waals surface area contributed by atoms with Gasteiger partial charge in [0.05, 0.1) is 0 Å². The van der Waals surface area contributed by atoms with E-state index < -0.39 is 6.03 Å². The molecule has 0 heterocycles. The van der Waals surface area contributed by atoms with Crippen LogP contribution in [0.25, 0.3) is 0 Å². The van der Waals surface area contributed by atoms with Gasteiger partial charge in [-0.25, -0.2) is 4.79 Å². The quantitative estimate of drug-likeness (QED) is 0.778. The Morgan fingerprint density at radius 3 is 2.47 bits per heavy atom. The molecule has 4 nitrogen and oxygen atoms in total. The van der Waals surface area contributed by atoms with E-state index in [1.165, 1.54) is 25.7 Å². The Kier molecular flexibility index (Phi) is 3.98. The molecule has 1 saturated carbocycles. The van der Waals surface area contributed by atoms with Crippen molar-refractivity contribution in [3.8, 4) is 0 Å². The number of anilines is 2. The average molecular weight is 261 g/mol. The summed E-state index contributed by atoms with van der Waals surface area (Å²) in [6.07, 6.45) is 5.03. The van der Waals surface area contributed by atoms with E-state index >= 15 is 0 Å². The maximum Gasteiger partial charge on any atom is 0.316 e. The fourth-order valence-corrected chi connectivity index (χ4v) is 2.85. The average Bonchev–Trinajstić information content (AvgIpc) is 2.30. The van der Waals surface area contributed by atoms with Gasteiger partial charge in [-0.15, -0.1) is 0 Å². The molecule has 1 aliphatic carbocycles. The Bertz CT molecular complexity index is 439. The summed E-state index contributed by atoms with van der Waals surface area (Å²) in [7, 11) is 0. The van der Waals surface area contributed by atoms with Gasteiger partial charge in [-0.1, -0.05) is 20.3 Å². The molecule has 0 saturated heterocycles. The van der Waals surface area contributed by atoms with Crippen LogP contribution in [-0.2, 0) is 0 Å². The maximum absolute atomic E-state index is 10.7. The molecule has 19 heavy (non-hydrogen) atoms. The molecule has 2 amide bonds. The zero-order valence-electron chi connectivity index (χ0n) is 11.7. The van der Waals surface area contributed by atoms with E-state index in [-0.39, 0.29) is 0 Å². The van der Waals surface area contributed by atoms with E-state index in [1.54, 1.807) is 0 Å². The predicted molar refractivity (Wildman–Crippen MR) is 79.3 cm³/mol. The van der Waals surface area contributed by atoms with Gasteiger partial charge in [-0.2, -0.15) is 0 Å². The van der Waals surface area contributed by atoms with Gasteiger partial charge in [-0.3, -0.25) is 0 Å². The number of carbonyl (C=O) groups is 1. The molecule has 2 rings (SSSR count). The van der Waals surface area contributed by atoms with Crippen molar-refractivity contribution < 1.29 is 4.79 Å². The number of amides is 2. The molecule has 1 unspecified atom stereocenters. The van der Waals surface area contributed by atoms with E-state index in [2.05, 4.69) is 24.5 Å². The van der Waals surface area contributed by atoms with Crippen molar-refractivity contribution in [3.63, 3.8) is 0 Å². The minimum absolute atomic E-state index is 0.434. The lowest BCUT2D eigenvalue weighted by Crippen LogP contribution is -2.31. The minimum Gasteiger partial charge on any atom is -0.382 e. The van der Waals surface area contributed by atoms with Crippen molar-refractivity contribution in [3.05, 3.63) is 24.3 Å². The van der Waals surface area contributed by atoms with Crippen molar-refractivity contribution >= 4 is 17.4 Å². The summed E-state index contributed by atoms with van der Waals surface area (Å²) < 4.78 is 0. The van der Waals surface area contributed by atoms with E-state index in [1.807, 2.05) is 24.3 Å². The Labute approximate surface area is 114 Å². The first kappa shape index (κ1) is 13.7. The second-order valence-electron chi connectivity index (χ2n) is 6.17. The molecule has 4 heteroatoms. The predicted octanol–water partition coefficient (Wildman–Crippen LogP) is 3.56. The summed E-state index contributed by atoms with van der Waals surface area (Å²) in [5.41, 5.74) is 7.33. The first-order valence-electron chi connectivity index (χ1n) is 6.88. The lowest BCUT2D eigenvalue weighted by molar-refractivity contribution is 0.229. The highest BCUT2D eigenvalue weighted by atomic mass is 16.2. The van der Waals surface area contributed by atoms with Crippen LogP contribution in [0.15, 0.2) is 24.3 Å². The van der Waals surface area contributed by atoms with Gasteiger partial charge in [0.1, 0.15) is 0 Å². The summed E-state index contributed by atoms with van der Waals surface area (Å²) in [6.45, 7) is 4.67. The molecule has 0 radical (unpaired) electrons. The number of nitrogens with two attached hydrogens (primary N) is 1. The van der Waals surface area contributed by atoms with Crippen molar-refractivity contribution in [1.29, 1.82) is 0 Å². The summed E-state index contributed by atoms with van der Waals surface area (Å²) in [6, 6.07) is 7.69. The van der Waals surface area contributed by atoms with Crippen LogP contribution >= 0.6 is 0 Å². The van der Waals surface area contributed by atoms with Crippen LogP contribution in [0.2, 0.25) is 0 Å². The Hall–Kier alpha value is -1.71. The van der Waals surface area contributed by atoms with Crippen LogP contribution < -0.4 is 16.4 Å². The summed E-state index contributed by atoms with van der Waals surface area (Å²) in [5, 5.41) is 6.13. The van der Waals surface area contributed by atoms with Crippen LogP contribution in [0.4, 0.5) is 16.2 Å². The lowest BCUT2D eigenvalue weighted by Gasteiger charge is -2.36. The van der Waals surface area contributed by atoms with Crippen LogP contribution in [0, 0.1) is 5.41 Å². The standard InChI is InChI=1S/C15H23N3O/c1-15(2)9-3-4-13(10-15)17-11-5-7-12(8-6-11)18-14(16)19/h5-8,13,17H,3-4,9-10H2,1-2H3,(H3,16,18,19). The van der Waals surface area contributed by atoms with Gasteiger partial charge in [-0.05, 0) is 48.9 Å². The monoisotopic (exact) mass is 261 g/mol. The summed E-state index contributed by atoms with van der Waals surface area (Å²) >= 11 is 0. The largest absolute Gasteiger partial charge is 0.382 e. The number of carbonyl (C=O) groups excluding carboxylic acids is 1. The third-order valence-electron chi connectivity index (χ3n) is 3.73. The molecule has 1 aliphatic rings. The lowest BCUT2D eigenvalue weighted by atomic mass is 9.75. The highest BCUT2D eigenvalue weighted by Gasteiger charge is 2.27. The molecule has 1 fully saturated rings. The second kappa shape index (κ2) is 5.51. The third-order valence-corrected chi connectivity index (χ3v) is 3.73. The van der Waals surface area contributed by atoms with Crippen LogP contribution in [0.5, 0.6) is 0 Å². The fourth-order valence-electron chi connectivity index (χ4n) is 2.85. The first-order valence-corrected chi connectivity index (χ1v) is 6.88. The topological polar surface area (TPSA) is 67.2 Å². The first-order chi connectivity index (χ1) is 8.94. The molecule has 0 bridgehead atoms. The van der Waals surface area contributed by atoms with E-state index in [9.17, 15) is 4.79 Å². The number of primary amides is 1. The van der Waals surface area contributed by atoms with Gasteiger partial charge in [0.25, 0.3) is 0 Å². The number of urea groups is 1. The highest BCUT2D eigenvalue weighted by molar-refractivity contribution is 5.87. The van der Waals surface area contributed by atoms with Crippen molar-refractivity contribution in [2.75, 3.05) is 10.6 Å². The molecule has 0 aromatic heterocycles. The zero-order chi connectivity index (χ0) is 13.9. The Balaban J connectivity index is 1.94. The zero-order valence-corrected chi connectivity index (χ0v) is 11.7. The Morgan fingerprint density at radius 2 is 1.89 bits per heavy atom. The molecule has 104 valence electrons. The maximum atomic E-state index is 10.7. The molecular formula is C15H23N3O. The van der Waals surface area contributed by atoms with E-state index in [0.29, 0.717) is 11.5 Å². The fraction of sp³-hybridized carbons (Fsp3) is 0.533. The SMILES string of the molecule is CC1(C)CCCC(Nc2ccc(NC(N)=O)cc2)C1. The highest BCUT2D eigenvalue weighted by Crippen LogP contribution is 2.36. The van der Waals surface area contributed by atoms with Gasteiger partial charge in [0.2, 0.25) is 0 Å². The molecule has 1 aromatic carbocycles. The van der Waals surface area contributed by atoms with Gasteiger partial charge in [0, 0.05) is 17.4 Å². The van der Waals surface area contributed by atoms with E-state index in [4.69, 9.17) is 5.73 Å². The number of rotatable bonds is 3. The number of benzene rings is 1. The normalized spacial score (nSPS) is 21.7. The van der Waals surface area contributed by atoms with E-state index in [0.717, 1.165) is 11.4 Å². The number of hydrogen-bond donors (Lipinski definition) is 3. The molecular weight excluding hydrogens is 238 g/mol. The van der Waals surface area contributed by atoms with Gasteiger partial charge >= 0.3 is 6.03 Å². The Morgan fingerprint density at radius 1 is 1.26 bits per heavy atom. The summed E-state index contributed by atoms with van der Waals surface area (Å²) in [5.74, 6) is 0. The van der Waals surface area contributed by atoms with Gasteiger partial charge in [0.15, 0.2) is 0 Å². The van der Waals surface area contributed by atoms with Gasteiger partial charge < -0.3 is 16.4 Å². The molecule has 4 N–H and O–H groups in total. The van der Waals surface area contributed by atoms with Crippen molar-refractivity contribution in [2.24, 2.45) is 11.1 Å². The third kappa shape index (κ3) is 4.16. The molecule has 0 aliphatic heterocycles. The van der Waals surface area contributed by atoms with Crippen LogP contribution in [-0.4, -0.2) is 12.1 Å².